The summed E-state index contributed by atoms with van der Waals surface area (Å²) in [6, 6.07) is 18.8. The summed E-state index contributed by atoms with van der Waals surface area (Å²) in [5.41, 5.74) is 3.50. The molecule has 0 radical (unpaired) electrons. The van der Waals surface area contributed by atoms with Crippen molar-refractivity contribution in [2.75, 3.05) is 6.54 Å². The fourth-order valence-electron chi connectivity index (χ4n) is 3.55. The molecule has 0 unspecified atom stereocenters. The first kappa shape index (κ1) is 19.2. The van der Waals surface area contributed by atoms with Gasteiger partial charge < -0.3 is 9.88 Å². The number of aryl methyl sites for hydroxylation is 2. The Hall–Kier alpha value is -2.62. The summed E-state index contributed by atoms with van der Waals surface area (Å²) in [7, 11) is 0. The van der Waals surface area contributed by atoms with Gasteiger partial charge in [-0.05, 0) is 37.0 Å². The molecule has 3 aromatic rings. The number of hydrogen-bond acceptors (Lipinski definition) is 2. The van der Waals surface area contributed by atoms with Crippen LogP contribution in [0.5, 0.6) is 0 Å². The SMILES string of the molecule is CCC(CC)C(=O)NCCc1nc2ccccc2n1CCc1ccccc1. The van der Waals surface area contributed by atoms with Crippen molar-refractivity contribution in [3.63, 3.8) is 0 Å². The lowest BCUT2D eigenvalue weighted by Gasteiger charge is -2.13. The Bertz CT molecular complexity index is 866. The van der Waals surface area contributed by atoms with E-state index in [9.17, 15) is 4.79 Å². The molecular formula is C23H29N3O. The molecule has 0 spiro atoms. The molecule has 1 aromatic heterocycles. The molecule has 142 valence electrons. The van der Waals surface area contributed by atoms with Crippen LogP contribution in [-0.2, 0) is 24.2 Å². The molecule has 1 amide bonds. The highest BCUT2D eigenvalue weighted by Gasteiger charge is 2.15. The number of nitrogens with one attached hydrogen (secondary N) is 1. The van der Waals surface area contributed by atoms with E-state index in [4.69, 9.17) is 4.98 Å². The maximum absolute atomic E-state index is 12.2. The predicted octanol–water partition coefficient (Wildman–Crippen LogP) is 4.37. The van der Waals surface area contributed by atoms with E-state index in [0.717, 1.165) is 49.1 Å². The van der Waals surface area contributed by atoms with Crippen molar-refractivity contribution in [3.05, 3.63) is 66.0 Å². The number of rotatable bonds is 9. The van der Waals surface area contributed by atoms with E-state index in [1.165, 1.54) is 5.56 Å². The first-order valence-corrected chi connectivity index (χ1v) is 9.98. The Morgan fingerprint density at radius 3 is 2.44 bits per heavy atom. The number of imidazole rings is 1. The summed E-state index contributed by atoms with van der Waals surface area (Å²) in [6.07, 6.45) is 3.49. The van der Waals surface area contributed by atoms with Crippen LogP contribution in [0.15, 0.2) is 54.6 Å². The minimum Gasteiger partial charge on any atom is -0.355 e. The van der Waals surface area contributed by atoms with E-state index in [1.54, 1.807) is 0 Å². The summed E-state index contributed by atoms with van der Waals surface area (Å²) in [6.45, 7) is 5.65. The van der Waals surface area contributed by atoms with Gasteiger partial charge in [0.25, 0.3) is 0 Å². The van der Waals surface area contributed by atoms with E-state index in [1.807, 2.05) is 12.1 Å². The van der Waals surface area contributed by atoms with Crippen LogP contribution in [0.2, 0.25) is 0 Å². The van der Waals surface area contributed by atoms with Gasteiger partial charge in [0.2, 0.25) is 5.91 Å². The highest BCUT2D eigenvalue weighted by molar-refractivity contribution is 5.78. The molecule has 0 atom stereocenters. The molecular weight excluding hydrogens is 334 g/mol. The monoisotopic (exact) mass is 363 g/mol. The van der Waals surface area contributed by atoms with Crippen molar-refractivity contribution in [2.45, 2.75) is 46.1 Å². The van der Waals surface area contributed by atoms with Gasteiger partial charge in [0.1, 0.15) is 5.82 Å². The summed E-state index contributed by atoms with van der Waals surface area (Å²) >= 11 is 0. The number of para-hydroxylation sites is 2. The number of benzene rings is 2. The van der Waals surface area contributed by atoms with E-state index < -0.39 is 0 Å². The summed E-state index contributed by atoms with van der Waals surface area (Å²) in [5, 5.41) is 3.09. The summed E-state index contributed by atoms with van der Waals surface area (Å²) in [4.78, 5) is 17.0. The Balaban J connectivity index is 1.71. The lowest BCUT2D eigenvalue weighted by atomic mass is 10.0. The zero-order valence-corrected chi connectivity index (χ0v) is 16.3. The van der Waals surface area contributed by atoms with Crippen molar-refractivity contribution in [3.8, 4) is 0 Å². The van der Waals surface area contributed by atoms with Crippen LogP contribution in [0.25, 0.3) is 11.0 Å². The highest BCUT2D eigenvalue weighted by atomic mass is 16.1. The number of amides is 1. The second-order valence-corrected chi connectivity index (χ2v) is 6.96. The molecule has 3 rings (SSSR count). The average Bonchev–Trinajstić information content (AvgIpc) is 3.05. The van der Waals surface area contributed by atoms with Crippen molar-refractivity contribution in [1.29, 1.82) is 0 Å². The van der Waals surface area contributed by atoms with Crippen LogP contribution in [0.1, 0.15) is 38.1 Å². The van der Waals surface area contributed by atoms with Crippen molar-refractivity contribution in [1.82, 2.24) is 14.9 Å². The summed E-state index contributed by atoms with van der Waals surface area (Å²) in [5.74, 6) is 1.31. The topological polar surface area (TPSA) is 46.9 Å². The quantitative estimate of drug-likeness (QED) is 0.613. The molecule has 4 heteroatoms. The van der Waals surface area contributed by atoms with E-state index >= 15 is 0 Å². The van der Waals surface area contributed by atoms with Crippen LogP contribution in [-0.4, -0.2) is 22.0 Å². The Labute approximate surface area is 161 Å². The predicted molar refractivity (Wildman–Crippen MR) is 111 cm³/mol. The van der Waals surface area contributed by atoms with Crippen LogP contribution < -0.4 is 5.32 Å². The van der Waals surface area contributed by atoms with Crippen LogP contribution in [0, 0.1) is 5.92 Å². The molecule has 0 fully saturated rings. The third kappa shape index (κ3) is 4.76. The standard InChI is InChI=1S/C23H29N3O/c1-3-19(4-2)23(27)24-16-14-22-25-20-12-8-9-13-21(20)26(22)17-15-18-10-6-5-7-11-18/h5-13,19H,3-4,14-17H2,1-2H3,(H,24,27). The fraction of sp³-hybridized carbons (Fsp3) is 0.391. The van der Waals surface area contributed by atoms with Crippen molar-refractivity contribution in [2.24, 2.45) is 5.92 Å². The lowest BCUT2D eigenvalue weighted by molar-refractivity contribution is -0.125. The second kappa shape index (κ2) is 9.36. The Kier molecular flexibility index (Phi) is 6.64. The molecule has 1 N–H and O–H groups in total. The molecule has 1 heterocycles. The van der Waals surface area contributed by atoms with E-state index in [2.05, 4.69) is 66.2 Å². The van der Waals surface area contributed by atoms with Crippen molar-refractivity contribution >= 4 is 16.9 Å². The minimum absolute atomic E-state index is 0.113. The average molecular weight is 364 g/mol. The lowest BCUT2D eigenvalue weighted by Crippen LogP contribution is -2.32. The second-order valence-electron chi connectivity index (χ2n) is 6.96. The molecule has 0 saturated heterocycles. The smallest absolute Gasteiger partial charge is 0.223 e. The van der Waals surface area contributed by atoms with Gasteiger partial charge in [0.15, 0.2) is 0 Å². The Morgan fingerprint density at radius 2 is 1.70 bits per heavy atom. The maximum atomic E-state index is 12.2. The van der Waals surface area contributed by atoms with Crippen LogP contribution >= 0.6 is 0 Å². The number of fused-ring (bicyclic) bond motifs is 1. The molecule has 2 aromatic carbocycles. The van der Waals surface area contributed by atoms with Gasteiger partial charge in [-0.25, -0.2) is 4.98 Å². The molecule has 0 saturated carbocycles. The van der Waals surface area contributed by atoms with Gasteiger partial charge in [-0.1, -0.05) is 56.3 Å². The van der Waals surface area contributed by atoms with Gasteiger partial charge in [-0.2, -0.15) is 0 Å². The molecule has 0 bridgehead atoms. The van der Waals surface area contributed by atoms with E-state index in [0.29, 0.717) is 6.54 Å². The zero-order chi connectivity index (χ0) is 19.1. The molecule has 4 nitrogen and oxygen atoms in total. The Morgan fingerprint density at radius 1 is 1.00 bits per heavy atom. The maximum Gasteiger partial charge on any atom is 0.223 e. The number of nitrogens with zero attached hydrogens (tertiary/aromatic N) is 2. The highest BCUT2D eigenvalue weighted by Crippen LogP contribution is 2.17. The zero-order valence-electron chi connectivity index (χ0n) is 16.3. The van der Waals surface area contributed by atoms with Gasteiger partial charge in [-0.15, -0.1) is 0 Å². The molecule has 0 aliphatic heterocycles. The molecule has 0 aliphatic carbocycles. The van der Waals surface area contributed by atoms with Gasteiger partial charge in [0.05, 0.1) is 11.0 Å². The normalized spacial score (nSPS) is 11.2. The number of hydrogen-bond donors (Lipinski definition) is 1. The first-order chi connectivity index (χ1) is 13.2. The van der Waals surface area contributed by atoms with Crippen LogP contribution in [0.4, 0.5) is 0 Å². The van der Waals surface area contributed by atoms with Crippen molar-refractivity contribution < 1.29 is 4.79 Å². The van der Waals surface area contributed by atoms with Gasteiger partial charge in [0, 0.05) is 25.4 Å². The van der Waals surface area contributed by atoms with Crippen LogP contribution in [0.3, 0.4) is 0 Å². The summed E-state index contributed by atoms with van der Waals surface area (Å²) < 4.78 is 2.30. The van der Waals surface area contributed by atoms with Gasteiger partial charge in [-0.3, -0.25) is 4.79 Å². The molecule has 27 heavy (non-hydrogen) atoms. The largest absolute Gasteiger partial charge is 0.355 e. The minimum atomic E-state index is 0.113. The van der Waals surface area contributed by atoms with Gasteiger partial charge >= 0.3 is 0 Å². The number of carbonyl (C=O) groups is 1. The molecule has 0 aliphatic rings. The third-order valence-corrected chi connectivity index (χ3v) is 5.20. The third-order valence-electron chi connectivity index (χ3n) is 5.20. The number of carbonyl (C=O) groups excluding carboxylic acids is 1. The van der Waals surface area contributed by atoms with E-state index in [-0.39, 0.29) is 11.8 Å². The fourth-order valence-corrected chi connectivity index (χ4v) is 3.55. The number of aromatic nitrogens is 2. The first-order valence-electron chi connectivity index (χ1n) is 9.98.